The van der Waals surface area contributed by atoms with E-state index in [9.17, 15) is 14.7 Å². The average molecular weight is 487 g/mol. The molecule has 8 nitrogen and oxygen atoms in total. The van der Waals surface area contributed by atoms with E-state index in [1.54, 1.807) is 18.2 Å². The van der Waals surface area contributed by atoms with Crippen molar-refractivity contribution >= 4 is 57.2 Å². The molecule has 1 aliphatic heterocycles. The minimum Gasteiger partial charge on any atom is -0.423 e. The van der Waals surface area contributed by atoms with E-state index in [0.29, 0.717) is 32.2 Å². The van der Waals surface area contributed by atoms with Gasteiger partial charge in [-0.15, -0.1) is 0 Å². The lowest BCUT2D eigenvalue weighted by molar-refractivity contribution is -0.122. The molecule has 0 atom stereocenters. The molecule has 3 heterocycles. The van der Waals surface area contributed by atoms with E-state index in [4.69, 9.17) is 16.0 Å². The number of aliphatic hydroxyl groups excluding tert-OH is 1. The van der Waals surface area contributed by atoms with E-state index in [1.807, 2.05) is 13.0 Å². The van der Waals surface area contributed by atoms with Crippen LogP contribution in [0.5, 0.6) is 0 Å². The minimum absolute atomic E-state index is 0.0971. The number of amidine groups is 1. The fraction of sp³-hybridized carbons (Fsp3) is 0.304. The van der Waals surface area contributed by atoms with Gasteiger partial charge in [-0.25, -0.2) is 14.8 Å². The monoisotopic (exact) mass is 486 g/mol. The van der Waals surface area contributed by atoms with Crippen molar-refractivity contribution in [3.05, 3.63) is 61.8 Å². The predicted octanol–water partition coefficient (Wildman–Crippen LogP) is 4.42. The second kappa shape index (κ2) is 9.94. The number of aliphatic hydroxyl groups is 1. The average Bonchev–Trinajstić information content (AvgIpc) is 3.26. The number of imidazole rings is 1. The smallest absolute Gasteiger partial charge is 0.336 e. The molecule has 0 radical (unpaired) electrons. The Balaban J connectivity index is 1.67. The number of H-pyrrole nitrogens is 1. The summed E-state index contributed by atoms with van der Waals surface area (Å²) >= 11 is 7.47. The number of aryl methyl sites for hydroxylation is 2. The SMILES string of the molecule is CCCCc1nc(/C=C2\SC(=Nc3ccc4c(C)cc(=O)oc4c3)N(CCO)C2=O)c(Cl)[nH]1. The van der Waals surface area contributed by atoms with Gasteiger partial charge in [0.15, 0.2) is 5.17 Å². The third-order valence-corrected chi connectivity index (χ3v) is 6.44. The Bertz CT molecular complexity index is 1330. The van der Waals surface area contributed by atoms with Crippen molar-refractivity contribution in [2.45, 2.75) is 33.1 Å². The van der Waals surface area contributed by atoms with E-state index in [0.717, 1.165) is 36.0 Å². The van der Waals surface area contributed by atoms with Crippen LogP contribution in [0.15, 0.2) is 43.4 Å². The highest BCUT2D eigenvalue weighted by Crippen LogP contribution is 2.35. The first-order chi connectivity index (χ1) is 15.9. The standard InChI is InChI=1S/C23H23ClN4O4S/c1-3-4-5-19-26-16(21(24)27-19)12-18-22(31)28(8-9-29)23(33-18)25-14-6-7-15-13(2)10-20(30)32-17(15)11-14/h6-7,10-12,29H,3-5,8-9H2,1-2H3,(H,26,27)/b18-12-,25-23?. The number of hydrogen-bond donors (Lipinski definition) is 2. The maximum atomic E-state index is 13.0. The number of thioether (sulfide) groups is 1. The Morgan fingerprint density at radius 1 is 1.33 bits per heavy atom. The number of carbonyl (C=O) groups is 1. The first-order valence-electron chi connectivity index (χ1n) is 10.6. The maximum Gasteiger partial charge on any atom is 0.336 e. The number of nitrogens with one attached hydrogen (secondary N) is 1. The maximum absolute atomic E-state index is 13.0. The molecular weight excluding hydrogens is 464 g/mol. The molecule has 2 aromatic heterocycles. The molecule has 0 unspecified atom stereocenters. The second-order valence-electron chi connectivity index (χ2n) is 7.60. The number of benzene rings is 1. The number of amides is 1. The van der Waals surface area contributed by atoms with Crippen LogP contribution in [-0.2, 0) is 11.2 Å². The summed E-state index contributed by atoms with van der Waals surface area (Å²) in [4.78, 5) is 38.7. The van der Waals surface area contributed by atoms with Gasteiger partial charge in [-0.05, 0) is 48.9 Å². The summed E-state index contributed by atoms with van der Waals surface area (Å²) in [5.74, 6) is 0.489. The van der Waals surface area contributed by atoms with Crippen molar-refractivity contribution in [3.8, 4) is 0 Å². The summed E-state index contributed by atoms with van der Waals surface area (Å²) in [6, 6.07) is 6.71. The van der Waals surface area contributed by atoms with Gasteiger partial charge in [0.05, 0.1) is 23.7 Å². The lowest BCUT2D eigenvalue weighted by atomic mass is 10.1. The van der Waals surface area contributed by atoms with Gasteiger partial charge in [-0.1, -0.05) is 24.9 Å². The largest absolute Gasteiger partial charge is 0.423 e. The lowest BCUT2D eigenvalue weighted by Gasteiger charge is -2.13. The number of unbranched alkanes of at least 4 members (excludes halogenated alkanes) is 1. The molecule has 1 saturated heterocycles. The Labute approximate surface area is 199 Å². The van der Waals surface area contributed by atoms with Crippen molar-refractivity contribution in [1.82, 2.24) is 14.9 Å². The highest BCUT2D eigenvalue weighted by molar-refractivity contribution is 8.18. The second-order valence-corrected chi connectivity index (χ2v) is 8.99. The number of β-amino-alcohol motifs (C(OH)–C–C–N with tert-alkyl or cyclic N) is 1. The number of aliphatic imine (C=N–C) groups is 1. The molecule has 1 fully saturated rings. The van der Waals surface area contributed by atoms with Crippen LogP contribution in [0, 0.1) is 6.92 Å². The summed E-state index contributed by atoms with van der Waals surface area (Å²) in [5.41, 5.74) is 1.81. The molecule has 0 spiro atoms. The van der Waals surface area contributed by atoms with Crippen LogP contribution in [0.1, 0.15) is 36.8 Å². The van der Waals surface area contributed by atoms with Crippen molar-refractivity contribution in [2.24, 2.45) is 4.99 Å². The van der Waals surface area contributed by atoms with Gasteiger partial charge in [0, 0.05) is 23.9 Å². The van der Waals surface area contributed by atoms with Gasteiger partial charge in [0.2, 0.25) is 0 Å². The number of nitrogens with zero attached hydrogens (tertiary/aromatic N) is 3. The van der Waals surface area contributed by atoms with E-state index < -0.39 is 5.63 Å². The first kappa shape index (κ1) is 23.3. The molecule has 33 heavy (non-hydrogen) atoms. The van der Waals surface area contributed by atoms with Crippen LogP contribution >= 0.6 is 23.4 Å². The zero-order valence-electron chi connectivity index (χ0n) is 18.2. The highest BCUT2D eigenvalue weighted by Gasteiger charge is 2.33. The Kier molecular flexibility index (Phi) is 7.02. The van der Waals surface area contributed by atoms with Gasteiger partial charge in [0.25, 0.3) is 5.91 Å². The number of halogens is 1. The summed E-state index contributed by atoms with van der Waals surface area (Å²) in [5, 5.41) is 11.1. The molecule has 1 amide bonds. The van der Waals surface area contributed by atoms with Crippen LogP contribution in [-0.4, -0.2) is 44.2 Å². The zero-order chi connectivity index (χ0) is 23.5. The van der Waals surface area contributed by atoms with Crippen molar-refractivity contribution < 1.29 is 14.3 Å². The Morgan fingerprint density at radius 3 is 2.91 bits per heavy atom. The molecule has 172 valence electrons. The van der Waals surface area contributed by atoms with E-state index >= 15 is 0 Å². The molecule has 2 N–H and O–H groups in total. The minimum atomic E-state index is -0.434. The van der Waals surface area contributed by atoms with Crippen LogP contribution in [0.4, 0.5) is 5.69 Å². The number of carbonyl (C=O) groups excluding carboxylic acids is 1. The molecule has 10 heteroatoms. The van der Waals surface area contributed by atoms with Crippen molar-refractivity contribution in [3.63, 3.8) is 0 Å². The van der Waals surface area contributed by atoms with Crippen LogP contribution in [0.2, 0.25) is 5.15 Å². The summed E-state index contributed by atoms with van der Waals surface area (Å²) < 4.78 is 5.30. The molecule has 4 rings (SSSR count). The summed E-state index contributed by atoms with van der Waals surface area (Å²) in [7, 11) is 0. The number of aromatic nitrogens is 2. The van der Waals surface area contributed by atoms with Crippen LogP contribution in [0.25, 0.3) is 17.0 Å². The number of fused-ring (bicyclic) bond motifs is 1. The van der Waals surface area contributed by atoms with E-state index in [1.165, 1.54) is 22.7 Å². The fourth-order valence-electron chi connectivity index (χ4n) is 3.48. The fourth-order valence-corrected chi connectivity index (χ4v) is 4.68. The highest BCUT2D eigenvalue weighted by atomic mass is 35.5. The predicted molar refractivity (Wildman–Crippen MR) is 131 cm³/mol. The molecule has 0 aliphatic carbocycles. The third-order valence-electron chi connectivity index (χ3n) is 5.14. The van der Waals surface area contributed by atoms with Gasteiger partial charge < -0.3 is 14.5 Å². The van der Waals surface area contributed by atoms with E-state index in [-0.39, 0.29) is 19.1 Å². The summed E-state index contributed by atoms with van der Waals surface area (Å²) in [6.45, 7) is 3.82. The lowest BCUT2D eigenvalue weighted by Crippen LogP contribution is -2.31. The zero-order valence-corrected chi connectivity index (χ0v) is 19.8. The molecule has 1 aliphatic rings. The molecule has 0 bridgehead atoms. The normalized spacial score (nSPS) is 16.6. The molecular formula is C23H23ClN4O4S. The number of hydrogen-bond acceptors (Lipinski definition) is 7. The van der Waals surface area contributed by atoms with Crippen molar-refractivity contribution in [2.75, 3.05) is 13.2 Å². The molecule has 0 saturated carbocycles. The van der Waals surface area contributed by atoms with Gasteiger partial charge in [-0.2, -0.15) is 0 Å². The van der Waals surface area contributed by atoms with Crippen LogP contribution in [0.3, 0.4) is 0 Å². The van der Waals surface area contributed by atoms with Crippen LogP contribution < -0.4 is 5.63 Å². The number of aromatic amines is 1. The van der Waals surface area contributed by atoms with Gasteiger partial charge in [0.1, 0.15) is 22.3 Å². The van der Waals surface area contributed by atoms with Gasteiger partial charge in [-0.3, -0.25) is 9.69 Å². The Morgan fingerprint density at radius 2 is 2.15 bits per heavy atom. The molecule has 1 aromatic carbocycles. The Hall–Kier alpha value is -2.88. The third kappa shape index (κ3) is 5.05. The topological polar surface area (TPSA) is 112 Å². The quantitative estimate of drug-likeness (QED) is 0.377. The van der Waals surface area contributed by atoms with Crippen molar-refractivity contribution in [1.29, 1.82) is 0 Å². The van der Waals surface area contributed by atoms with Gasteiger partial charge >= 0.3 is 5.63 Å². The van der Waals surface area contributed by atoms with E-state index in [2.05, 4.69) is 21.9 Å². The molecule has 3 aromatic rings. The summed E-state index contributed by atoms with van der Waals surface area (Å²) in [6.07, 6.45) is 4.44. The first-order valence-corrected chi connectivity index (χ1v) is 11.8. The number of rotatable bonds is 7.